The first kappa shape index (κ1) is 19.0. The third-order valence-corrected chi connectivity index (χ3v) is 4.22. The number of ether oxygens (including phenoxy) is 1. The third kappa shape index (κ3) is 4.15. The van der Waals surface area contributed by atoms with Gasteiger partial charge in [-0.1, -0.05) is 36.4 Å². The second-order valence-corrected chi connectivity index (χ2v) is 6.16. The molecule has 3 rings (SSSR count). The number of hydrogen-bond acceptors (Lipinski definition) is 5. The molecular weight excluding hydrogens is 358 g/mol. The number of pyridine rings is 1. The lowest BCUT2D eigenvalue weighted by Gasteiger charge is -2.12. The topological polar surface area (TPSA) is 97.4 Å². The van der Waals surface area contributed by atoms with Gasteiger partial charge in [0.1, 0.15) is 0 Å². The average molecular weight is 377 g/mol. The number of esters is 1. The highest BCUT2D eigenvalue weighted by atomic mass is 16.5. The summed E-state index contributed by atoms with van der Waals surface area (Å²) in [5, 5.41) is 0.847. The van der Waals surface area contributed by atoms with Crippen LogP contribution in [0.3, 0.4) is 0 Å². The summed E-state index contributed by atoms with van der Waals surface area (Å²) >= 11 is 0. The third-order valence-electron chi connectivity index (χ3n) is 4.22. The van der Waals surface area contributed by atoms with Crippen LogP contribution in [0.5, 0.6) is 0 Å². The largest absolute Gasteiger partial charge is 0.452 e. The van der Waals surface area contributed by atoms with E-state index in [1.807, 2.05) is 31.2 Å². The Morgan fingerprint density at radius 2 is 1.61 bits per heavy atom. The van der Waals surface area contributed by atoms with E-state index in [-0.39, 0.29) is 0 Å². The van der Waals surface area contributed by atoms with E-state index in [0.717, 1.165) is 16.5 Å². The monoisotopic (exact) mass is 377 g/mol. The van der Waals surface area contributed by atoms with Gasteiger partial charge in [-0.3, -0.25) is 25.4 Å². The van der Waals surface area contributed by atoms with Crippen LogP contribution >= 0.6 is 0 Å². The lowest BCUT2D eigenvalue weighted by molar-refractivity contribution is -0.125. The van der Waals surface area contributed by atoms with Gasteiger partial charge in [0, 0.05) is 10.9 Å². The summed E-state index contributed by atoms with van der Waals surface area (Å²) in [5.41, 5.74) is 7.27. The van der Waals surface area contributed by atoms with Crippen molar-refractivity contribution in [2.75, 3.05) is 6.61 Å². The summed E-state index contributed by atoms with van der Waals surface area (Å²) in [5.74, 6) is -1.76. The molecule has 7 heteroatoms. The van der Waals surface area contributed by atoms with Crippen molar-refractivity contribution in [1.82, 2.24) is 15.8 Å². The molecule has 7 nitrogen and oxygen atoms in total. The standard InChI is InChI=1S/C21H19N3O4/c1-13-16-10-6-7-11-17(16)22-14(2)19(13)21(27)28-12-18(25)23-24-20(26)15-8-4-3-5-9-15/h3-11H,12H2,1-2H3,(H,23,25)(H,24,26). The molecule has 0 saturated heterocycles. The maximum atomic E-state index is 12.5. The lowest BCUT2D eigenvalue weighted by Crippen LogP contribution is -2.43. The Balaban J connectivity index is 1.60. The minimum Gasteiger partial charge on any atom is -0.452 e. The molecule has 2 aromatic carbocycles. The van der Waals surface area contributed by atoms with Gasteiger partial charge in [-0.25, -0.2) is 4.79 Å². The molecule has 1 aromatic heterocycles. The van der Waals surface area contributed by atoms with Crippen LogP contribution in [0.1, 0.15) is 32.0 Å². The number of fused-ring (bicyclic) bond motifs is 1. The molecule has 0 aliphatic rings. The molecule has 0 aliphatic carbocycles. The van der Waals surface area contributed by atoms with Gasteiger partial charge in [0.15, 0.2) is 6.61 Å². The average Bonchev–Trinajstić information content (AvgIpc) is 2.71. The number of carbonyl (C=O) groups is 3. The summed E-state index contributed by atoms with van der Waals surface area (Å²) < 4.78 is 5.10. The number of rotatable bonds is 4. The summed E-state index contributed by atoms with van der Waals surface area (Å²) in [6, 6.07) is 15.9. The first-order valence-electron chi connectivity index (χ1n) is 8.64. The smallest absolute Gasteiger partial charge is 0.340 e. The number of para-hydroxylation sites is 1. The maximum Gasteiger partial charge on any atom is 0.340 e. The highest BCUT2D eigenvalue weighted by molar-refractivity contribution is 5.99. The number of aryl methyl sites for hydroxylation is 2. The van der Waals surface area contributed by atoms with Crippen molar-refractivity contribution in [3.8, 4) is 0 Å². The molecule has 0 spiro atoms. The fourth-order valence-electron chi connectivity index (χ4n) is 2.86. The minimum atomic E-state index is -0.651. The van der Waals surface area contributed by atoms with Crippen LogP contribution in [0.4, 0.5) is 0 Å². The van der Waals surface area contributed by atoms with Crippen molar-refractivity contribution in [1.29, 1.82) is 0 Å². The summed E-state index contributed by atoms with van der Waals surface area (Å²) in [6.07, 6.45) is 0. The number of hydrogen-bond donors (Lipinski definition) is 2. The second kappa shape index (κ2) is 8.30. The van der Waals surface area contributed by atoms with E-state index in [4.69, 9.17) is 4.74 Å². The van der Waals surface area contributed by atoms with Crippen molar-refractivity contribution >= 4 is 28.7 Å². The predicted octanol–water partition coefficient (Wildman–Crippen LogP) is 2.47. The van der Waals surface area contributed by atoms with E-state index in [1.165, 1.54) is 0 Å². The molecule has 2 N–H and O–H groups in total. The van der Waals surface area contributed by atoms with Crippen LogP contribution in [0.2, 0.25) is 0 Å². The van der Waals surface area contributed by atoms with E-state index < -0.39 is 24.4 Å². The molecule has 0 atom stereocenters. The number of carbonyl (C=O) groups excluding carboxylic acids is 3. The lowest BCUT2D eigenvalue weighted by atomic mass is 10.0. The molecule has 0 fully saturated rings. The Hall–Kier alpha value is -3.74. The van der Waals surface area contributed by atoms with E-state index in [0.29, 0.717) is 16.8 Å². The van der Waals surface area contributed by atoms with Crippen LogP contribution in [0.25, 0.3) is 10.9 Å². The number of benzene rings is 2. The van der Waals surface area contributed by atoms with Gasteiger partial charge in [-0.2, -0.15) is 0 Å². The molecule has 1 heterocycles. The first-order chi connectivity index (χ1) is 13.5. The van der Waals surface area contributed by atoms with Crippen molar-refractivity contribution in [2.24, 2.45) is 0 Å². The van der Waals surface area contributed by atoms with Crippen molar-refractivity contribution < 1.29 is 19.1 Å². The molecular formula is C21H19N3O4. The number of amides is 2. The van der Waals surface area contributed by atoms with Crippen molar-refractivity contribution in [3.63, 3.8) is 0 Å². The fourth-order valence-corrected chi connectivity index (χ4v) is 2.86. The predicted molar refractivity (Wildman–Crippen MR) is 104 cm³/mol. The molecule has 0 radical (unpaired) electrons. The summed E-state index contributed by atoms with van der Waals surface area (Å²) in [4.78, 5) is 40.6. The van der Waals surface area contributed by atoms with Crippen LogP contribution in [-0.2, 0) is 9.53 Å². The summed E-state index contributed by atoms with van der Waals surface area (Å²) in [7, 11) is 0. The highest BCUT2D eigenvalue weighted by Crippen LogP contribution is 2.23. The Kier molecular flexibility index (Phi) is 5.64. The van der Waals surface area contributed by atoms with Gasteiger partial charge >= 0.3 is 5.97 Å². The highest BCUT2D eigenvalue weighted by Gasteiger charge is 2.19. The summed E-state index contributed by atoms with van der Waals surface area (Å²) in [6.45, 7) is 3.00. The zero-order valence-electron chi connectivity index (χ0n) is 15.5. The van der Waals surface area contributed by atoms with Crippen molar-refractivity contribution in [3.05, 3.63) is 77.0 Å². The fraction of sp³-hybridized carbons (Fsp3) is 0.143. The van der Waals surface area contributed by atoms with E-state index >= 15 is 0 Å². The van der Waals surface area contributed by atoms with Gasteiger partial charge < -0.3 is 4.74 Å². The molecule has 0 unspecified atom stereocenters. The van der Waals surface area contributed by atoms with Crippen LogP contribution in [0.15, 0.2) is 54.6 Å². The zero-order valence-corrected chi connectivity index (χ0v) is 15.5. The number of hydrazine groups is 1. The molecule has 28 heavy (non-hydrogen) atoms. The SMILES string of the molecule is Cc1nc2ccccc2c(C)c1C(=O)OCC(=O)NNC(=O)c1ccccc1. The maximum absolute atomic E-state index is 12.5. The van der Waals surface area contributed by atoms with Crippen LogP contribution in [0, 0.1) is 13.8 Å². The first-order valence-corrected chi connectivity index (χ1v) is 8.64. The molecule has 2 amide bonds. The normalized spacial score (nSPS) is 10.4. The Labute approximate surface area is 161 Å². The van der Waals surface area contributed by atoms with Gasteiger partial charge in [0.05, 0.1) is 16.8 Å². The Morgan fingerprint density at radius 3 is 2.36 bits per heavy atom. The molecule has 0 saturated carbocycles. The van der Waals surface area contributed by atoms with Crippen molar-refractivity contribution in [2.45, 2.75) is 13.8 Å². The van der Waals surface area contributed by atoms with Crippen LogP contribution in [-0.4, -0.2) is 29.4 Å². The number of aromatic nitrogens is 1. The van der Waals surface area contributed by atoms with Gasteiger partial charge in [-0.05, 0) is 37.6 Å². The van der Waals surface area contributed by atoms with Gasteiger partial charge in [0.2, 0.25) is 0 Å². The Bertz CT molecular complexity index is 1050. The molecule has 0 aliphatic heterocycles. The second-order valence-electron chi connectivity index (χ2n) is 6.16. The zero-order chi connectivity index (χ0) is 20.1. The van der Waals surface area contributed by atoms with E-state index in [9.17, 15) is 14.4 Å². The molecule has 142 valence electrons. The quantitative estimate of drug-likeness (QED) is 0.538. The van der Waals surface area contributed by atoms with Gasteiger partial charge in [0.25, 0.3) is 11.8 Å². The minimum absolute atomic E-state index is 0.333. The Morgan fingerprint density at radius 1 is 0.929 bits per heavy atom. The number of nitrogens with zero attached hydrogens (tertiary/aromatic N) is 1. The van der Waals surface area contributed by atoms with Crippen LogP contribution < -0.4 is 10.9 Å². The van der Waals surface area contributed by atoms with E-state index in [1.54, 1.807) is 37.3 Å². The molecule has 3 aromatic rings. The number of nitrogens with one attached hydrogen (secondary N) is 2. The van der Waals surface area contributed by atoms with Gasteiger partial charge in [-0.15, -0.1) is 0 Å². The van der Waals surface area contributed by atoms with E-state index in [2.05, 4.69) is 15.8 Å². The molecule has 0 bridgehead atoms.